The minimum atomic E-state index is -2.35. The summed E-state index contributed by atoms with van der Waals surface area (Å²) in [6, 6.07) is 0. The van der Waals surface area contributed by atoms with Gasteiger partial charge in [0.25, 0.3) is 0 Å². The van der Waals surface area contributed by atoms with Crippen molar-refractivity contribution in [2.45, 2.75) is 20.0 Å². The summed E-state index contributed by atoms with van der Waals surface area (Å²) in [5.74, 6) is 0. The molecule has 0 amide bonds. The Bertz CT molecular complexity index is 79.5. The molecule has 0 saturated carbocycles. The van der Waals surface area contributed by atoms with E-state index < -0.39 is 11.4 Å². The van der Waals surface area contributed by atoms with Gasteiger partial charge in [0.05, 0.1) is 17.5 Å². The van der Waals surface area contributed by atoms with Gasteiger partial charge in [-0.2, -0.15) is 0 Å². The maximum absolute atomic E-state index is 9.59. The molecule has 3 nitrogen and oxygen atoms in total. The predicted molar refractivity (Wildman–Crippen MR) is 26.3 cm³/mol. The van der Waals surface area contributed by atoms with Gasteiger partial charge in [-0.15, -0.1) is 0 Å². The molecule has 0 aliphatic heterocycles. The Morgan fingerprint density at radius 3 is 2.12 bits per heavy atom. The number of hydrogen-bond donors (Lipinski definition) is 0. The molecular formula is C3H8NaO3S-. The van der Waals surface area contributed by atoms with Gasteiger partial charge in [-0.1, -0.05) is 0 Å². The van der Waals surface area contributed by atoms with Crippen LogP contribution in [0.4, 0.5) is 0 Å². The third-order valence-electron chi connectivity index (χ3n) is 0.271. The largest absolute Gasteiger partial charge is 1.00 e. The van der Waals surface area contributed by atoms with E-state index >= 15 is 0 Å². The Morgan fingerprint density at radius 2 is 2.12 bits per heavy atom. The minimum Gasteiger partial charge on any atom is -1.00 e. The van der Waals surface area contributed by atoms with E-state index in [1.165, 1.54) is 0 Å². The predicted octanol–water partition coefficient (Wildman–Crippen LogP) is -2.68. The zero-order chi connectivity index (χ0) is 5.86. The second-order valence-electron chi connectivity index (χ2n) is 1.35. The van der Waals surface area contributed by atoms with Gasteiger partial charge in [-0.05, 0) is 13.8 Å². The second kappa shape index (κ2) is 6.19. The maximum atomic E-state index is 9.59. The Labute approximate surface area is 75.1 Å². The molecule has 0 aliphatic rings. The molecule has 46 valence electrons. The second-order valence-corrected chi connectivity index (χ2v) is 1.95. The van der Waals surface area contributed by atoms with Crippen molar-refractivity contribution in [3.8, 4) is 0 Å². The first-order valence-corrected chi connectivity index (χ1v) is 2.89. The van der Waals surface area contributed by atoms with E-state index in [-0.39, 0.29) is 37.1 Å². The standard InChI is InChI=1S/C3H8O3S.Na.H/c1-3(2)6-7(4)5;;/h3H,1-2H3,(H,4,5);;/q;+1;-1/p-1. The van der Waals surface area contributed by atoms with Crippen LogP contribution in [-0.4, -0.2) is 14.9 Å². The molecule has 0 aromatic rings. The first-order valence-electron chi connectivity index (χ1n) is 1.89. The normalized spacial score (nSPS) is 13.0. The summed E-state index contributed by atoms with van der Waals surface area (Å²) in [5.41, 5.74) is 0. The topological polar surface area (TPSA) is 49.4 Å². The van der Waals surface area contributed by atoms with Gasteiger partial charge in [-0.3, -0.25) is 4.18 Å². The number of rotatable bonds is 2. The van der Waals surface area contributed by atoms with Crippen molar-refractivity contribution < 1.29 is 43.9 Å². The van der Waals surface area contributed by atoms with Crippen molar-refractivity contribution in [2.75, 3.05) is 0 Å². The average Bonchev–Trinajstić information content (AvgIpc) is 1.27. The van der Waals surface area contributed by atoms with Gasteiger partial charge < -0.3 is 5.98 Å². The number of hydrogen-bond acceptors (Lipinski definition) is 3. The van der Waals surface area contributed by atoms with Gasteiger partial charge in [0.2, 0.25) is 0 Å². The van der Waals surface area contributed by atoms with Crippen LogP contribution in [0.5, 0.6) is 0 Å². The Hall–Kier alpha value is 1.07. The fourth-order valence-corrected chi connectivity index (χ4v) is 0.471. The fraction of sp³-hybridized carbons (Fsp3) is 1.00. The quantitative estimate of drug-likeness (QED) is 0.316. The molecule has 0 radical (unpaired) electrons. The molecule has 0 bridgehead atoms. The van der Waals surface area contributed by atoms with Crippen molar-refractivity contribution >= 4 is 11.4 Å². The third-order valence-corrected chi connectivity index (χ3v) is 0.813. The summed E-state index contributed by atoms with van der Waals surface area (Å²) < 4.78 is 23.3. The summed E-state index contributed by atoms with van der Waals surface area (Å²) in [6.45, 7) is 3.30. The fourth-order valence-electron chi connectivity index (χ4n) is 0.157. The smallest absolute Gasteiger partial charge is 1.00 e. The van der Waals surface area contributed by atoms with Crippen LogP contribution in [0.1, 0.15) is 15.3 Å². The van der Waals surface area contributed by atoms with Gasteiger partial charge in [0.15, 0.2) is 0 Å². The van der Waals surface area contributed by atoms with Crippen LogP contribution in [0.2, 0.25) is 0 Å². The summed E-state index contributed by atoms with van der Waals surface area (Å²) in [4.78, 5) is 0. The van der Waals surface area contributed by atoms with Gasteiger partial charge >= 0.3 is 29.6 Å². The van der Waals surface area contributed by atoms with Gasteiger partial charge in [0, 0.05) is 0 Å². The van der Waals surface area contributed by atoms with Crippen molar-refractivity contribution in [3.05, 3.63) is 0 Å². The van der Waals surface area contributed by atoms with Crippen LogP contribution in [0.25, 0.3) is 0 Å². The molecule has 0 aromatic heterocycles. The zero-order valence-corrected chi connectivity index (χ0v) is 8.03. The Morgan fingerprint density at radius 1 is 1.75 bits per heavy atom. The molecule has 0 rings (SSSR count). The molecule has 1 unspecified atom stereocenters. The molecule has 0 N–H and O–H groups in total. The third kappa shape index (κ3) is 10.1. The Balaban J connectivity index is -0.000000180. The van der Waals surface area contributed by atoms with Crippen molar-refractivity contribution in [2.24, 2.45) is 0 Å². The van der Waals surface area contributed by atoms with Crippen molar-refractivity contribution in [3.63, 3.8) is 0 Å². The van der Waals surface area contributed by atoms with E-state index in [9.17, 15) is 8.76 Å². The van der Waals surface area contributed by atoms with E-state index in [0.717, 1.165) is 0 Å². The maximum Gasteiger partial charge on any atom is 1.00 e. The average molecular weight is 147 g/mol. The van der Waals surface area contributed by atoms with Gasteiger partial charge in [-0.25, -0.2) is 4.21 Å². The summed E-state index contributed by atoms with van der Waals surface area (Å²) >= 11 is -2.35. The molecule has 1 atom stereocenters. The van der Waals surface area contributed by atoms with Gasteiger partial charge in [0.1, 0.15) is 0 Å². The SMILES string of the molecule is CC(C)OS(=O)[O-].[H-].[Na+]. The van der Waals surface area contributed by atoms with Crippen molar-refractivity contribution in [1.82, 2.24) is 0 Å². The molecule has 0 heterocycles. The van der Waals surface area contributed by atoms with E-state index in [1.54, 1.807) is 13.8 Å². The molecule has 0 spiro atoms. The molecule has 0 aromatic carbocycles. The molecule has 0 saturated heterocycles. The molecule has 0 aliphatic carbocycles. The summed E-state index contributed by atoms with van der Waals surface area (Å²) in [7, 11) is 0. The monoisotopic (exact) mass is 147 g/mol. The van der Waals surface area contributed by atoms with Crippen LogP contribution in [0, 0.1) is 0 Å². The van der Waals surface area contributed by atoms with E-state index in [4.69, 9.17) is 0 Å². The minimum absolute atomic E-state index is 0. The first-order chi connectivity index (χ1) is 3.13. The van der Waals surface area contributed by atoms with E-state index in [1.807, 2.05) is 0 Å². The van der Waals surface area contributed by atoms with Crippen LogP contribution >= 0.6 is 0 Å². The molecule has 5 heteroatoms. The molecule has 0 fully saturated rings. The summed E-state index contributed by atoms with van der Waals surface area (Å²) in [5, 5.41) is 0. The summed E-state index contributed by atoms with van der Waals surface area (Å²) in [6.07, 6.45) is -0.238. The van der Waals surface area contributed by atoms with Crippen LogP contribution in [-0.2, 0) is 15.5 Å². The van der Waals surface area contributed by atoms with E-state index in [0.29, 0.717) is 0 Å². The van der Waals surface area contributed by atoms with E-state index in [2.05, 4.69) is 4.18 Å². The van der Waals surface area contributed by atoms with Crippen molar-refractivity contribution in [1.29, 1.82) is 0 Å². The van der Waals surface area contributed by atoms with Crippen LogP contribution < -0.4 is 29.6 Å². The van der Waals surface area contributed by atoms with Crippen LogP contribution in [0.3, 0.4) is 0 Å². The zero-order valence-electron chi connectivity index (χ0n) is 6.21. The van der Waals surface area contributed by atoms with Crippen LogP contribution in [0.15, 0.2) is 0 Å². The Kier molecular flexibility index (Phi) is 9.15. The first kappa shape index (κ1) is 11.8. The molecular weight excluding hydrogens is 139 g/mol. The molecule has 8 heavy (non-hydrogen) atoms.